The summed E-state index contributed by atoms with van der Waals surface area (Å²) in [6.45, 7) is 0. The molecule has 1 aliphatic rings. The molecule has 0 spiro atoms. The molecule has 0 N–H and O–H groups in total. The summed E-state index contributed by atoms with van der Waals surface area (Å²) in [5.74, 6) is -1.11. The summed E-state index contributed by atoms with van der Waals surface area (Å²) < 4.78 is 0. The number of halogens is 1. The molecule has 0 aromatic carbocycles. The minimum Gasteiger partial charge on any atom is -0.545 e. The quantitative estimate of drug-likeness (QED) is 0.536. The fraction of sp³-hybridized carbons (Fsp3) is 0.500. The van der Waals surface area contributed by atoms with E-state index in [1.165, 1.54) is 0 Å². The van der Waals surface area contributed by atoms with Gasteiger partial charge in [0.15, 0.2) is 0 Å². The van der Waals surface area contributed by atoms with Crippen molar-refractivity contribution in [3.63, 3.8) is 0 Å². The molecule has 0 atom stereocenters. The van der Waals surface area contributed by atoms with Gasteiger partial charge in [-0.05, 0) is 24.8 Å². The molecule has 0 bridgehead atoms. The van der Waals surface area contributed by atoms with Crippen molar-refractivity contribution in [2.45, 2.75) is 19.3 Å². The van der Waals surface area contributed by atoms with Gasteiger partial charge in [-0.15, -0.1) is 0 Å². The van der Waals surface area contributed by atoms with Gasteiger partial charge in [-0.1, -0.05) is 11.6 Å². The predicted octanol–water partition coefficient (Wildman–Crippen LogP) is 0.413. The van der Waals surface area contributed by atoms with E-state index in [-0.39, 0.29) is 5.57 Å². The molecule has 0 amide bonds. The Hall–Kier alpha value is -0.500. The minimum atomic E-state index is -1.11. The SMILES string of the molecule is O=C([O-])C1=C(Cl)CCC1. The largest absolute Gasteiger partial charge is 0.545 e. The summed E-state index contributed by atoms with van der Waals surface area (Å²) in [5.41, 5.74) is 0.289. The normalized spacial score (nSPS) is 18.8. The first-order valence-electron chi connectivity index (χ1n) is 2.80. The molecule has 9 heavy (non-hydrogen) atoms. The molecule has 0 heterocycles. The standard InChI is InChI=1S/C6H7ClO2/c7-5-3-1-2-4(5)6(8)9/h1-3H2,(H,8,9)/p-1. The second-order valence-electron chi connectivity index (χ2n) is 2.02. The van der Waals surface area contributed by atoms with Crippen LogP contribution in [0.1, 0.15) is 19.3 Å². The van der Waals surface area contributed by atoms with Gasteiger partial charge in [0, 0.05) is 5.03 Å². The highest BCUT2D eigenvalue weighted by Gasteiger charge is 2.12. The van der Waals surface area contributed by atoms with Crippen LogP contribution in [0.3, 0.4) is 0 Å². The topological polar surface area (TPSA) is 40.1 Å². The summed E-state index contributed by atoms with van der Waals surface area (Å²) in [7, 11) is 0. The Morgan fingerprint density at radius 3 is 2.44 bits per heavy atom. The average Bonchev–Trinajstić information content (AvgIpc) is 2.13. The molecule has 0 saturated carbocycles. The monoisotopic (exact) mass is 145 g/mol. The summed E-state index contributed by atoms with van der Waals surface area (Å²) in [5, 5.41) is 10.6. The maximum Gasteiger partial charge on any atom is 0.0686 e. The second-order valence-corrected chi connectivity index (χ2v) is 2.48. The zero-order valence-corrected chi connectivity index (χ0v) is 5.57. The molecule has 0 unspecified atom stereocenters. The molecule has 1 rings (SSSR count). The van der Waals surface area contributed by atoms with Crippen molar-refractivity contribution in [3.05, 3.63) is 10.6 Å². The van der Waals surface area contributed by atoms with E-state index in [1.807, 2.05) is 0 Å². The zero-order valence-electron chi connectivity index (χ0n) is 4.82. The Kier molecular flexibility index (Phi) is 1.76. The van der Waals surface area contributed by atoms with Gasteiger partial charge in [-0.3, -0.25) is 0 Å². The Bertz CT molecular complexity index is 172. The number of carboxylic acids is 1. The molecule has 1 aliphatic carbocycles. The van der Waals surface area contributed by atoms with Crippen molar-refractivity contribution in [1.29, 1.82) is 0 Å². The van der Waals surface area contributed by atoms with E-state index in [2.05, 4.69) is 0 Å². The van der Waals surface area contributed by atoms with Crippen LogP contribution < -0.4 is 5.11 Å². The van der Waals surface area contributed by atoms with Crippen molar-refractivity contribution in [2.24, 2.45) is 0 Å². The van der Waals surface area contributed by atoms with Crippen molar-refractivity contribution in [3.8, 4) is 0 Å². The van der Waals surface area contributed by atoms with Gasteiger partial charge in [0.1, 0.15) is 0 Å². The molecule has 0 aromatic rings. The van der Waals surface area contributed by atoms with Gasteiger partial charge >= 0.3 is 0 Å². The van der Waals surface area contributed by atoms with E-state index in [4.69, 9.17) is 11.6 Å². The van der Waals surface area contributed by atoms with Gasteiger partial charge in [0.2, 0.25) is 0 Å². The van der Waals surface area contributed by atoms with Crippen molar-refractivity contribution in [1.82, 2.24) is 0 Å². The third-order valence-electron chi connectivity index (χ3n) is 1.40. The highest BCUT2D eigenvalue weighted by Crippen LogP contribution is 2.27. The van der Waals surface area contributed by atoms with Gasteiger partial charge in [-0.25, -0.2) is 0 Å². The van der Waals surface area contributed by atoms with Crippen LogP contribution in [0.5, 0.6) is 0 Å². The van der Waals surface area contributed by atoms with Gasteiger partial charge in [0.25, 0.3) is 0 Å². The Balaban J connectivity index is 2.78. The summed E-state index contributed by atoms with van der Waals surface area (Å²) >= 11 is 5.53. The van der Waals surface area contributed by atoms with Crippen LogP contribution in [0, 0.1) is 0 Å². The summed E-state index contributed by atoms with van der Waals surface area (Å²) in [6, 6.07) is 0. The lowest BCUT2D eigenvalue weighted by molar-refractivity contribution is -0.299. The molecule has 2 nitrogen and oxygen atoms in total. The van der Waals surface area contributed by atoms with Crippen LogP contribution in [-0.4, -0.2) is 5.97 Å². The molecule has 0 saturated heterocycles. The van der Waals surface area contributed by atoms with Gasteiger partial charge in [0.05, 0.1) is 5.97 Å². The lowest BCUT2D eigenvalue weighted by Crippen LogP contribution is -2.23. The van der Waals surface area contributed by atoms with E-state index < -0.39 is 5.97 Å². The highest BCUT2D eigenvalue weighted by atomic mass is 35.5. The first kappa shape index (κ1) is 6.62. The van der Waals surface area contributed by atoms with Crippen LogP contribution >= 0.6 is 11.6 Å². The van der Waals surface area contributed by atoms with Crippen LogP contribution in [0.4, 0.5) is 0 Å². The van der Waals surface area contributed by atoms with E-state index >= 15 is 0 Å². The van der Waals surface area contributed by atoms with E-state index in [0.29, 0.717) is 17.9 Å². The maximum absolute atomic E-state index is 10.2. The van der Waals surface area contributed by atoms with Crippen molar-refractivity contribution < 1.29 is 9.90 Å². The Labute approximate surface area is 58.1 Å². The summed E-state index contributed by atoms with van der Waals surface area (Å²) in [6.07, 6.45) is 2.12. The second kappa shape index (κ2) is 2.40. The molecular weight excluding hydrogens is 140 g/mol. The molecule has 50 valence electrons. The van der Waals surface area contributed by atoms with Crippen LogP contribution in [0.25, 0.3) is 0 Å². The number of carbonyl (C=O) groups excluding carboxylic acids is 1. The Morgan fingerprint density at radius 1 is 1.56 bits per heavy atom. The van der Waals surface area contributed by atoms with Crippen LogP contribution in [-0.2, 0) is 4.79 Å². The van der Waals surface area contributed by atoms with Crippen LogP contribution in [0.2, 0.25) is 0 Å². The predicted molar refractivity (Wildman–Crippen MR) is 31.7 cm³/mol. The van der Waals surface area contributed by atoms with E-state index in [9.17, 15) is 9.90 Å². The van der Waals surface area contributed by atoms with Crippen LogP contribution in [0.15, 0.2) is 10.6 Å². The molecule has 0 fully saturated rings. The first-order valence-corrected chi connectivity index (χ1v) is 3.18. The van der Waals surface area contributed by atoms with Gasteiger partial charge in [-0.2, -0.15) is 0 Å². The first-order chi connectivity index (χ1) is 4.22. The van der Waals surface area contributed by atoms with Crippen molar-refractivity contribution >= 4 is 17.6 Å². The molecule has 0 radical (unpaired) electrons. The number of rotatable bonds is 1. The fourth-order valence-electron chi connectivity index (χ4n) is 0.920. The zero-order chi connectivity index (χ0) is 6.85. The number of carbonyl (C=O) groups is 1. The van der Waals surface area contributed by atoms with Gasteiger partial charge < -0.3 is 9.90 Å². The highest BCUT2D eigenvalue weighted by molar-refractivity contribution is 6.31. The molecular formula is C6H6ClO2-. The summed E-state index contributed by atoms with van der Waals surface area (Å²) in [4.78, 5) is 10.2. The third-order valence-corrected chi connectivity index (χ3v) is 1.81. The lowest BCUT2D eigenvalue weighted by atomic mass is 10.2. The smallest absolute Gasteiger partial charge is 0.0686 e. The number of allylic oxidation sites excluding steroid dienone is 1. The fourth-order valence-corrected chi connectivity index (χ4v) is 1.22. The van der Waals surface area contributed by atoms with E-state index in [1.54, 1.807) is 0 Å². The number of aliphatic carboxylic acids is 1. The Morgan fingerprint density at radius 2 is 2.22 bits per heavy atom. The molecule has 0 aromatic heterocycles. The minimum absolute atomic E-state index is 0.289. The van der Waals surface area contributed by atoms with Crippen molar-refractivity contribution in [2.75, 3.05) is 0 Å². The number of hydrogen-bond acceptors (Lipinski definition) is 2. The molecule has 3 heteroatoms. The lowest BCUT2D eigenvalue weighted by Gasteiger charge is -2.00. The molecule has 0 aliphatic heterocycles. The number of carboxylic acid groups (broad SMARTS) is 1. The van der Waals surface area contributed by atoms with E-state index in [0.717, 1.165) is 6.42 Å². The average molecular weight is 146 g/mol. The maximum atomic E-state index is 10.2. The third kappa shape index (κ3) is 1.24. The number of hydrogen-bond donors (Lipinski definition) is 0.